The van der Waals surface area contributed by atoms with E-state index in [1.54, 1.807) is 27.7 Å². The molecule has 0 aliphatic rings. The number of hydrogen-bond acceptors (Lipinski definition) is 3. The number of carbonyl (C=O) groups is 2. The first-order valence-corrected chi connectivity index (χ1v) is 5.31. The lowest BCUT2D eigenvalue weighted by molar-refractivity contribution is -0.150. The molecule has 2 atom stereocenters. The Morgan fingerprint density at radius 1 is 1.27 bits per heavy atom. The average molecular weight is 212 g/mol. The summed E-state index contributed by atoms with van der Waals surface area (Å²) in [6, 6.07) is 0. The average Bonchev–Trinajstić information content (AvgIpc) is 2.22. The van der Waals surface area contributed by atoms with Gasteiger partial charge in [0.1, 0.15) is 11.9 Å². The molecule has 0 bridgehead atoms. The van der Waals surface area contributed by atoms with Crippen LogP contribution >= 0.6 is 0 Å². The van der Waals surface area contributed by atoms with E-state index >= 15 is 0 Å². The van der Waals surface area contributed by atoms with Gasteiger partial charge in [0.05, 0.1) is 5.92 Å². The molecule has 0 unspecified atom stereocenters. The van der Waals surface area contributed by atoms with E-state index in [-0.39, 0.29) is 17.7 Å². The van der Waals surface area contributed by atoms with Crippen LogP contribution in [-0.4, -0.2) is 17.9 Å². The van der Waals surface area contributed by atoms with E-state index in [1.807, 2.05) is 0 Å². The summed E-state index contributed by atoms with van der Waals surface area (Å²) in [4.78, 5) is 22.7. The van der Waals surface area contributed by atoms with Gasteiger partial charge in [-0.05, 0) is 12.5 Å². The summed E-state index contributed by atoms with van der Waals surface area (Å²) in [6.45, 7) is 10.8. The monoisotopic (exact) mass is 212 g/mol. The van der Waals surface area contributed by atoms with E-state index < -0.39 is 6.10 Å². The van der Waals surface area contributed by atoms with Gasteiger partial charge in [0, 0.05) is 12.8 Å². The summed E-state index contributed by atoms with van der Waals surface area (Å²) in [5.74, 6) is -0.506. The minimum absolute atomic E-state index is 0.0897. The van der Waals surface area contributed by atoms with E-state index in [4.69, 9.17) is 4.74 Å². The molecule has 0 aromatic rings. The van der Waals surface area contributed by atoms with Crippen molar-refractivity contribution in [2.75, 3.05) is 0 Å². The molecule has 0 spiro atoms. The number of ether oxygens (including phenoxy) is 1. The van der Waals surface area contributed by atoms with Gasteiger partial charge in [0.25, 0.3) is 0 Å². The third kappa shape index (κ3) is 4.28. The molecule has 0 saturated heterocycles. The molecule has 0 saturated carbocycles. The lowest BCUT2D eigenvalue weighted by Gasteiger charge is -2.23. The second-order valence-corrected chi connectivity index (χ2v) is 3.72. The first-order valence-electron chi connectivity index (χ1n) is 5.31. The minimum atomic E-state index is -0.482. The molecule has 0 rings (SSSR count). The topological polar surface area (TPSA) is 43.4 Å². The van der Waals surface area contributed by atoms with Crippen LogP contribution in [0.4, 0.5) is 0 Å². The van der Waals surface area contributed by atoms with Crippen LogP contribution in [0.25, 0.3) is 0 Å². The second kappa shape index (κ2) is 6.38. The zero-order valence-corrected chi connectivity index (χ0v) is 10.0. The van der Waals surface area contributed by atoms with Crippen molar-refractivity contribution >= 4 is 11.8 Å². The van der Waals surface area contributed by atoms with E-state index in [0.29, 0.717) is 18.4 Å². The van der Waals surface area contributed by atoms with E-state index in [2.05, 4.69) is 6.58 Å². The van der Waals surface area contributed by atoms with Gasteiger partial charge < -0.3 is 4.74 Å². The maximum Gasteiger partial charge on any atom is 0.306 e. The van der Waals surface area contributed by atoms with Crippen LogP contribution in [0.3, 0.4) is 0 Å². The van der Waals surface area contributed by atoms with Gasteiger partial charge >= 0.3 is 5.97 Å². The molecule has 0 amide bonds. The van der Waals surface area contributed by atoms with Crippen LogP contribution in [0.1, 0.15) is 40.5 Å². The lowest BCUT2D eigenvalue weighted by Crippen LogP contribution is -2.31. The highest BCUT2D eigenvalue weighted by Crippen LogP contribution is 2.18. The van der Waals surface area contributed by atoms with Crippen LogP contribution in [0.2, 0.25) is 0 Å². The predicted molar refractivity (Wildman–Crippen MR) is 59.4 cm³/mol. The van der Waals surface area contributed by atoms with Gasteiger partial charge in [-0.2, -0.15) is 0 Å². The van der Waals surface area contributed by atoms with E-state index in [9.17, 15) is 9.59 Å². The third-order valence-corrected chi connectivity index (χ3v) is 2.34. The standard InChI is InChI=1S/C12H20O3/c1-6-10(13)9(5)12(8(3)4)15-11(14)7-2/h9,12H,3,6-7H2,1-2,4-5H3/t9-,12-/m0/s1. The van der Waals surface area contributed by atoms with E-state index in [1.165, 1.54) is 0 Å². The summed E-state index contributed by atoms with van der Waals surface area (Å²) in [5, 5.41) is 0. The largest absolute Gasteiger partial charge is 0.457 e. The Bertz CT molecular complexity index is 256. The molecule has 3 nitrogen and oxygen atoms in total. The molecule has 86 valence electrons. The highest BCUT2D eigenvalue weighted by molar-refractivity contribution is 5.82. The first-order chi connectivity index (χ1) is 6.93. The Labute approximate surface area is 91.5 Å². The van der Waals surface area contributed by atoms with Gasteiger partial charge in [-0.15, -0.1) is 0 Å². The van der Waals surface area contributed by atoms with Crippen molar-refractivity contribution in [3.05, 3.63) is 12.2 Å². The molecule has 0 radical (unpaired) electrons. The van der Waals surface area contributed by atoms with Crippen LogP contribution in [0, 0.1) is 5.92 Å². The van der Waals surface area contributed by atoms with Gasteiger partial charge in [0.15, 0.2) is 0 Å². The van der Waals surface area contributed by atoms with Gasteiger partial charge in [-0.3, -0.25) is 9.59 Å². The normalized spacial score (nSPS) is 14.1. The summed E-state index contributed by atoms with van der Waals surface area (Å²) in [5.41, 5.74) is 0.714. The fourth-order valence-corrected chi connectivity index (χ4v) is 1.35. The Hall–Kier alpha value is -1.12. The SMILES string of the molecule is C=C(C)[C@H](OC(=O)CC)[C@@H](C)C(=O)CC. The summed E-state index contributed by atoms with van der Waals surface area (Å²) < 4.78 is 5.19. The number of carbonyl (C=O) groups excluding carboxylic acids is 2. The van der Waals surface area contributed by atoms with Gasteiger partial charge in [0.2, 0.25) is 0 Å². The zero-order chi connectivity index (χ0) is 12.0. The Morgan fingerprint density at radius 3 is 2.13 bits per heavy atom. The summed E-state index contributed by atoms with van der Waals surface area (Å²) >= 11 is 0. The Kier molecular flexibility index (Phi) is 5.90. The van der Waals surface area contributed by atoms with Crippen molar-refractivity contribution in [3.63, 3.8) is 0 Å². The fraction of sp³-hybridized carbons (Fsp3) is 0.667. The number of ketones is 1. The van der Waals surface area contributed by atoms with Crippen molar-refractivity contribution in [3.8, 4) is 0 Å². The molecule has 0 N–H and O–H groups in total. The number of esters is 1. The quantitative estimate of drug-likeness (QED) is 0.502. The van der Waals surface area contributed by atoms with Crippen molar-refractivity contribution in [1.82, 2.24) is 0 Å². The smallest absolute Gasteiger partial charge is 0.306 e. The molecule has 0 aromatic heterocycles. The van der Waals surface area contributed by atoms with Crippen LogP contribution in [0.15, 0.2) is 12.2 Å². The highest BCUT2D eigenvalue weighted by Gasteiger charge is 2.26. The Morgan fingerprint density at radius 2 is 1.80 bits per heavy atom. The summed E-state index contributed by atoms with van der Waals surface area (Å²) in [7, 11) is 0. The maximum atomic E-state index is 11.5. The molecule has 0 fully saturated rings. The van der Waals surface area contributed by atoms with E-state index in [0.717, 1.165) is 0 Å². The molecule has 3 heteroatoms. The fourth-order valence-electron chi connectivity index (χ4n) is 1.35. The zero-order valence-electron chi connectivity index (χ0n) is 10.0. The summed E-state index contributed by atoms with van der Waals surface area (Å²) in [6.07, 6.45) is 0.288. The van der Waals surface area contributed by atoms with Crippen molar-refractivity contribution < 1.29 is 14.3 Å². The first kappa shape index (κ1) is 13.9. The number of Topliss-reactive ketones (excluding diaryl/α,β-unsaturated/α-hetero) is 1. The van der Waals surface area contributed by atoms with Gasteiger partial charge in [-0.25, -0.2) is 0 Å². The van der Waals surface area contributed by atoms with Crippen LogP contribution < -0.4 is 0 Å². The number of rotatable bonds is 6. The minimum Gasteiger partial charge on any atom is -0.457 e. The second-order valence-electron chi connectivity index (χ2n) is 3.72. The lowest BCUT2D eigenvalue weighted by atomic mass is 9.93. The van der Waals surface area contributed by atoms with Crippen molar-refractivity contribution in [1.29, 1.82) is 0 Å². The molecular formula is C12H20O3. The molecular weight excluding hydrogens is 192 g/mol. The van der Waals surface area contributed by atoms with Crippen molar-refractivity contribution in [2.24, 2.45) is 5.92 Å². The van der Waals surface area contributed by atoms with Crippen LogP contribution in [0.5, 0.6) is 0 Å². The van der Waals surface area contributed by atoms with Crippen LogP contribution in [-0.2, 0) is 14.3 Å². The molecule has 0 aliphatic carbocycles. The molecule has 15 heavy (non-hydrogen) atoms. The molecule has 0 aromatic carbocycles. The van der Waals surface area contributed by atoms with Gasteiger partial charge in [-0.1, -0.05) is 27.4 Å². The maximum absolute atomic E-state index is 11.5. The Balaban J connectivity index is 4.59. The molecule has 0 heterocycles. The third-order valence-electron chi connectivity index (χ3n) is 2.34. The molecule has 0 aliphatic heterocycles. The number of hydrogen-bond donors (Lipinski definition) is 0. The predicted octanol–water partition coefficient (Wildman–Crippen LogP) is 2.50. The van der Waals surface area contributed by atoms with Crippen molar-refractivity contribution in [2.45, 2.75) is 46.6 Å². The highest BCUT2D eigenvalue weighted by atomic mass is 16.5.